The molecule has 2 N–H and O–H groups in total. The van der Waals surface area contributed by atoms with E-state index in [0.717, 1.165) is 48.3 Å². The molecule has 160 valence electrons. The van der Waals surface area contributed by atoms with Crippen molar-refractivity contribution in [2.75, 3.05) is 0 Å². The van der Waals surface area contributed by atoms with Gasteiger partial charge in [0.15, 0.2) is 0 Å². The maximum absolute atomic E-state index is 9.60. The zero-order valence-electron chi connectivity index (χ0n) is 19.0. The zero-order chi connectivity index (χ0) is 20.7. The lowest BCUT2D eigenvalue weighted by molar-refractivity contribution is 0.0974. The fraction of sp³-hybridized carbons (Fsp3) is 0.769. The van der Waals surface area contributed by atoms with Crippen molar-refractivity contribution in [1.82, 2.24) is 0 Å². The Morgan fingerprint density at radius 1 is 1.00 bits per heavy atom. The predicted molar refractivity (Wildman–Crippen MR) is 122 cm³/mol. The molecule has 0 radical (unpaired) electrons. The van der Waals surface area contributed by atoms with E-state index in [1.54, 1.807) is 16.7 Å². The van der Waals surface area contributed by atoms with Gasteiger partial charge < -0.3 is 10.0 Å². The van der Waals surface area contributed by atoms with Crippen molar-refractivity contribution >= 4 is 7.12 Å². The average molecular weight is 396 g/mol. The standard InChI is InChI=1S/C26H41BO2/c1-5-7-16(3)17(4)23-12-13-24(26-22(6-2)25(23)26)20-9-8-19-15-21(27(28)29)11-10-18(19)14-20/h6,12-13,18-21,23-26,28-29H,5,7-11,14-15H2,1-4H3/b17-16+,22-6+. The van der Waals surface area contributed by atoms with E-state index in [1.165, 1.54) is 38.5 Å². The summed E-state index contributed by atoms with van der Waals surface area (Å²) in [6.45, 7) is 9.25. The maximum atomic E-state index is 9.60. The summed E-state index contributed by atoms with van der Waals surface area (Å²) in [5, 5.41) is 19.2. The van der Waals surface area contributed by atoms with Gasteiger partial charge in [-0.25, -0.2) is 0 Å². The molecule has 0 amide bonds. The third-order valence-electron chi connectivity index (χ3n) is 9.18. The molecule has 0 spiro atoms. The van der Waals surface area contributed by atoms with Gasteiger partial charge in [0.25, 0.3) is 0 Å². The molecule has 0 aliphatic heterocycles. The third-order valence-corrected chi connectivity index (χ3v) is 9.18. The SMILES string of the molecule is C/C=C1\C2C(/C(C)=C(\C)CCC)C=CC(C3CCC4CC(B(O)O)CCC4C3)C12. The normalized spacial score (nSPS) is 43.4. The fourth-order valence-corrected chi connectivity index (χ4v) is 7.39. The summed E-state index contributed by atoms with van der Waals surface area (Å²) in [7, 11) is -1.11. The van der Waals surface area contributed by atoms with Crippen LogP contribution in [0.15, 0.2) is 34.9 Å². The van der Waals surface area contributed by atoms with Crippen LogP contribution < -0.4 is 0 Å². The Bertz CT molecular complexity index is 691. The lowest BCUT2D eigenvalue weighted by Gasteiger charge is -2.44. The maximum Gasteiger partial charge on any atom is 0.454 e. The fourth-order valence-electron chi connectivity index (χ4n) is 7.39. The first-order valence-electron chi connectivity index (χ1n) is 12.3. The minimum absolute atomic E-state index is 0.117. The Morgan fingerprint density at radius 3 is 2.38 bits per heavy atom. The van der Waals surface area contributed by atoms with Gasteiger partial charge in [-0.15, -0.1) is 0 Å². The Kier molecular flexibility index (Phi) is 6.47. The van der Waals surface area contributed by atoms with Crippen molar-refractivity contribution in [1.29, 1.82) is 0 Å². The summed E-state index contributed by atoms with van der Waals surface area (Å²) in [5.74, 6) is 5.41. The second kappa shape index (κ2) is 8.75. The van der Waals surface area contributed by atoms with Crippen molar-refractivity contribution in [3.05, 3.63) is 34.9 Å². The second-order valence-corrected chi connectivity index (χ2v) is 10.6. The van der Waals surface area contributed by atoms with Crippen LogP contribution in [-0.2, 0) is 0 Å². The summed E-state index contributed by atoms with van der Waals surface area (Å²) in [6, 6.07) is 0. The summed E-state index contributed by atoms with van der Waals surface area (Å²) < 4.78 is 0. The molecule has 3 heteroatoms. The molecule has 0 saturated heterocycles. The van der Waals surface area contributed by atoms with Crippen LogP contribution in [0.5, 0.6) is 0 Å². The molecule has 0 aromatic carbocycles. The van der Waals surface area contributed by atoms with Crippen LogP contribution >= 0.6 is 0 Å². The van der Waals surface area contributed by atoms with Gasteiger partial charge in [-0.2, -0.15) is 0 Å². The lowest BCUT2D eigenvalue weighted by Crippen LogP contribution is -2.36. The first-order valence-corrected chi connectivity index (χ1v) is 12.3. The minimum Gasteiger partial charge on any atom is -0.427 e. The van der Waals surface area contributed by atoms with E-state index >= 15 is 0 Å². The molecule has 8 atom stereocenters. The van der Waals surface area contributed by atoms with Crippen LogP contribution in [-0.4, -0.2) is 17.2 Å². The predicted octanol–water partition coefficient (Wildman–Crippen LogP) is 6.18. The minimum atomic E-state index is -1.11. The molecule has 3 fully saturated rings. The molecule has 4 aliphatic carbocycles. The molecule has 29 heavy (non-hydrogen) atoms. The average Bonchev–Trinajstić information content (AvgIpc) is 3.46. The molecule has 0 aromatic rings. The van der Waals surface area contributed by atoms with E-state index < -0.39 is 7.12 Å². The highest BCUT2D eigenvalue weighted by Gasteiger charge is 2.55. The second-order valence-electron chi connectivity index (χ2n) is 10.6. The van der Waals surface area contributed by atoms with Gasteiger partial charge in [-0.05, 0) is 94.2 Å². The van der Waals surface area contributed by atoms with Gasteiger partial charge in [0.1, 0.15) is 0 Å². The summed E-state index contributed by atoms with van der Waals surface area (Å²) in [6.07, 6.45) is 17.3. The highest BCUT2D eigenvalue weighted by atomic mass is 16.4. The molecule has 8 unspecified atom stereocenters. The van der Waals surface area contributed by atoms with Crippen LogP contribution in [0.4, 0.5) is 0 Å². The van der Waals surface area contributed by atoms with Crippen molar-refractivity contribution in [2.24, 2.45) is 41.4 Å². The van der Waals surface area contributed by atoms with Gasteiger partial charge >= 0.3 is 7.12 Å². The summed E-state index contributed by atoms with van der Waals surface area (Å²) >= 11 is 0. The highest BCUT2D eigenvalue weighted by molar-refractivity contribution is 6.43. The first-order chi connectivity index (χ1) is 14.0. The first kappa shape index (κ1) is 21.4. The smallest absolute Gasteiger partial charge is 0.427 e. The quantitative estimate of drug-likeness (QED) is 0.431. The van der Waals surface area contributed by atoms with Crippen molar-refractivity contribution in [3.63, 3.8) is 0 Å². The van der Waals surface area contributed by atoms with Crippen molar-refractivity contribution < 1.29 is 10.0 Å². The van der Waals surface area contributed by atoms with E-state index in [2.05, 4.69) is 45.9 Å². The van der Waals surface area contributed by atoms with Crippen LogP contribution in [0.25, 0.3) is 0 Å². The highest BCUT2D eigenvalue weighted by Crippen LogP contribution is 2.63. The lowest BCUT2D eigenvalue weighted by atomic mass is 9.55. The molecular formula is C26H41BO2. The molecule has 3 saturated carbocycles. The van der Waals surface area contributed by atoms with Gasteiger partial charge in [0.05, 0.1) is 0 Å². The Hall–Kier alpha value is -0.795. The van der Waals surface area contributed by atoms with E-state index in [1.807, 2.05) is 0 Å². The van der Waals surface area contributed by atoms with Gasteiger partial charge in [-0.1, -0.05) is 61.1 Å². The van der Waals surface area contributed by atoms with Crippen LogP contribution in [0.3, 0.4) is 0 Å². The molecule has 4 aliphatic rings. The van der Waals surface area contributed by atoms with Crippen molar-refractivity contribution in [3.8, 4) is 0 Å². The zero-order valence-corrected chi connectivity index (χ0v) is 19.0. The van der Waals surface area contributed by atoms with E-state index in [-0.39, 0.29) is 5.82 Å². The number of hydrogen-bond acceptors (Lipinski definition) is 2. The molecule has 0 bridgehead atoms. The molecular weight excluding hydrogens is 355 g/mol. The van der Waals surface area contributed by atoms with E-state index in [9.17, 15) is 10.0 Å². The molecule has 0 heterocycles. The number of hydrogen-bond donors (Lipinski definition) is 2. The van der Waals surface area contributed by atoms with Gasteiger partial charge in [0.2, 0.25) is 0 Å². The van der Waals surface area contributed by atoms with Crippen LogP contribution in [0.2, 0.25) is 5.82 Å². The Labute approximate surface area is 178 Å². The van der Waals surface area contributed by atoms with Gasteiger partial charge in [0, 0.05) is 5.92 Å². The van der Waals surface area contributed by atoms with Crippen LogP contribution in [0.1, 0.15) is 79.1 Å². The summed E-state index contributed by atoms with van der Waals surface area (Å²) in [4.78, 5) is 0. The van der Waals surface area contributed by atoms with Crippen molar-refractivity contribution in [2.45, 2.75) is 84.9 Å². The topological polar surface area (TPSA) is 40.5 Å². The Balaban J connectivity index is 1.46. The molecule has 4 rings (SSSR count). The van der Waals surface area contributed by atoms with E-state index in [0.29, 0.717) is 5.92 Å². The Morgan fingerprint density at radius 2 is 1.69 bits per heavy atom. The number of rotatable bonds is 5. The molecule has 0 aromatic heterocycles. The summed E-state index contributed by atoms with van der Waals surface area (Å²) in [5.41, 5.74) is 4.95. The monoisotopic (exact) mass is 396 g/mol. The van der Waals surface area contributed by atoms with Gasteiger partial charge in [-0.3, -0.25) is 0 Å². The third kappa shape index (κ3) is 4.06. The number of fused-ring (bicyclic) bond motifs is 2. The molecule has 2 nitrogen and oxygen atoms in total. The largest absolute Gasteiger partial charge is 0.454 e. The van der Waals surface area contributed by atoms with E-state index in [4.69, 9.17) is 0 Å². The van der Waals surface area contributed by atoms with Crippen LogP contribution in [0, 0.1) is 41.4 Å². The number of allylic oxidation sites excluding steroid dienone is 6.